The van der Waals surface area contributed by atoms with Gasteiger partial charge in [-0.05, 0) is 51.9 Å². The summed E-state index contributed by atoms with van der Waals surface area (Å²) in [5.41, 5.74) is -2.63. The van der Waals surface area contributed by atoms with E-state index in [-0.39, 0.29) is 30.4 Å². The van der Waals surface area contributed by atoms with Gasteiger partial charge in [-0.25, -0.2) is 0 Å². The normalized spacial score (nSPS) is 31.7. The summed E-state index contributed by atoms with van der Waals surface area (Å²) in [5, 5.41) is 10.1. The van der Waals surface area contributed by atoms with E-state index >= 15 is 0 Å². The zero-order valence-corrected chi connectivity index (χ0v) is 23.7. The van der Waals surface area contributed by atoms with E-state index < -0.39 is 46.6 Å². The molecule has 8 nitrogen and oxygen atoms in total. The molecule has 0 aromatic rings. The van der Waals surface area contributed by atoms with E-state index in [4.69, 9.17) is 9.47 Å². The predicted molar refractivity (Wildman–Crippen MR) is 141 cm³/mol. The lowest BCUT2D eigenvalue weighted by atomic mass is 9.65. The number of aliphatic hydroxyl groups is 1. The Balaban J connectivity index is 2.15. The molecule has 0 saturated carbocycles. The fourth-order valence-electron chi connectivity index (χ4n) is 7.39. The summed E-state index contributed by atoms with van der Waals surface area (Å²) in [6.45, 7) is 21.7. The van der Waals surface area contributed by atoms with Crippen LogP contribution in [-0.4, -0.2) is 81.3 Å². The Hall–Kier alpha value is -2.19. The van der Waals surface area contributed by atoms with Gasteiger partial charge in [0.05, 0.1) is 24.2 Å². The van der Waals surface area contributed by atoms with Gasteiger partial charge in [0.2, 0.25) is 11.8 Å². The molecule has 8 heteroatoms. The van der Waals surface area contributed by atoms with E-state index in [1.165, 1.54) is 11.0 Å². The highest BCUT2D eigenvalue weighted by Gasteiger charge is 2.79. The average Bonchev–Trinajstić information content (AvgIpc) is 3.42. The van der Waals surface area contributed by atoms with Crippen LogP contribution < -0.4 is 0 Å². The Bertz CT molecular complexity index is 939. The van der Waals surface area contributed by atoms with Crippen LogP contribution in [0.3, 0.4) is 0 Å². The minimum atomic E-state index is -1.16. The number of ether oxygens (including phenoxy) is 2. The van der Waals surface area contributed by atoms with Gasteiger partial charge in [0.25, 0.3) is 0 Å². The van der Waals surface area contributed by atoms with Crippen molar-refractivity contribution in [2.75, 3.05) is 19.8 Å². The summed E-state index contributed by atoms with van der Waals surface area (Å²) >= 11 is 0. The van der Waals surface area contributed by atoms with Crippen LogP contribution in [-0.2, 0) is 23.9 Å². The quantitative estimate of drug-likeness (QED) is 0.332. The first kappa shape index (κ1) is 29.4. The van der Waals surface area contributed by atoms with Crippen LogP contribution in [0.2, 0.25) is 0 Å². The van der Waals surface area contributed by atoms with Gasteiger partial charge in [0, 0.05) is 12.1 Å². The lowest BCUT2D eigenvalue weighted by molar-refractivity contribution is -0.164. The van der Waals surface area contributed by atoms with Crippen molar-refractivity contribution in [1.29, 1.82) is 0 Å². The van der Waals surface area contributed by atoms with Gasteiger partial charge in [-0.2, -0.15) is 0 Å². The molecule has 37 heavy (non-hydrogen) atoms. The van der Waals surface area contributed by atoms with Crippen molar-refractivity contribution in [1.82, 2.24) is 9.80 Å². The van der Waals surface area contributed by atoms with Gasteiger partial charge in [-0.15, -0.1) is 6.58 Å². The lowest BCUT2D eigenvalue weighted by Crippen LogP contribution is -2.62. The predicted octanol–water partition coefficient (Wildman–Crippen LogP) is 3.48. The summed E-state index contributed by atoms with van der Waals surface area (Å²) in [4.78, 5) is 45.3. The standard InChI is InChI=1S/C29H46N2O6/c1-10-15-30(27(8,9)18-26(5,6)7)24(34)22-29-14-13-28(12-3,37-29)21(25(35)36-16-11-2)20(29)23(33)31(22)19(4)17-32/h10-11,19-22,32H,1-2,12-18H2,3-9H3/t19-,20+,21+,22?,28-,29?/m1/s1. The molecule has 1 N–H and O–H groups in total. The molecule has 3 heterocycles. The van der Waals surface area contributed by atoms with Crippen LogP contribution in [0.15, 0.2) is 25.3 Å². The van der Waals surface area contributed by atoms with E-state index in [9.17, 15) is 19.5 Å². The van der Waals surface area contributed by atoms with E-state index in [1.54, 1.807) is 17.9 Å². The smallest absolute Gasteiger partial charge is 0.313 e. The monoisotopic (exact) mass is 518 g/mol. The zero-order valence-electron chi connectivity index (χ0n) is 23.7. The van der Waals surface area contributed by atoms with E-state index in [0.717, 1.165) is 6.42 Å². The van der Waals surface area contributed by atoms with E-state index in [0.29, 0.717) is 25.8 Å². The first-order valence-electron chi connectivity index (χ1n) is 13.5. The minimum absolute atomic E-state index is 0.0380. The molecule has 2 amide bonds. The number of esters is 1. The molecule has 3 rings (SSSR count). The maximum absolute atomic E-state index is 14.6. The average molecular weight is 519 g/mol. The molecule has 3 saturated heterocycles. The van der Waals surface area contributed by atoms with Crippen molar-refractivity contribution in [3.63, 3.8) is 0 Å². The summed E-state index contributed by atoms with van der Waals surface area (Å²) in [5.74, 6) is -2.74. The molecule has 1 spiro atoms. The first-order valence-corrected chi connectivity index (χ1v) is 13.5. The molecule has 3 aliphatic heterocycles. The first-order chi connectivity index (χ1) is 17.2. The molecule has 3 fully saturated rings. The highest BCUT2D eigenvalue weighted by molar-refractivity contribution is 5.99. The molecular formula is C29H46N2O6. The lowest BCUT2D eigenvalue weighted by Gasteiger charge is -2.46. The number of fused-ring (bicyclic) bond motifs is 1. The highest BCUT2D eigenvalue weighted by atomic mass is 16.6. The summed E-state index contributed by atoms with van der Waals surface area (Å²) in [6, 6.07) is -1.58. The number of hydrogen-bond acceptors (Lipinski definition) is 6. The van der Waals surface area contributed by atoms with Crippen molar-refractivity contribution < 1.29 is 29.0 Å². The Kier molecular flexibility index (Phi) is 8.08. The van der Waals surface area contributed by atoms with Gasteiger partial charge in [-0.1, -0.05) is 46.4 Å². The number of carbonyl (C=O) groups excluding carboxylic acids is 3. The van der Waals surface area contributed by atoms with Crippen LogP contribution in [0, 0.1) is 17.3 Å². The summed E-state index contributed by atoms with van der Waals surface area (Å²) in [7, 11) is 0. The van der Waals surface area contributed by atoms with Crippen molar-refractivity contribution in [3.05, 3.63) is 25.3 Å². The summed E-state index contributed by atoms with van der Waals surface area (Å²) < 4.78 is 12.2. The summed E-state index contributed by atoms with van der Waals surface area (Å²) in [6.07, 6.45) is 5.48. The van der Waals surface area contributed by atoms with Gasteiger partial charge >= 0.3 is 5.97 Å². The molecule has 2 unspecified atom stereocenters. The third-order valence-corrected chi connectivity index (χ3v) is 8.46. The highest BCUT2D eigenvalue weighted by Crippen LogP contribution is 2.65. The Labute approximate surface area is 222 Å². The third-order valence-electron chi connectivity index (χ3n) is 8.46. The van der Waals surface area contributed by atoms with Crippen molar-refractivity contribution in [2.45, 2.75) is 103 Å². The van der Waals surface area contributed by atoms with Gasteiger partial charge in [-0.3, -0.25) is 14.4 Å². The molecule has 3 aliphatic rings. The molecule has 0 aromatic carbocycles. The van der Waals surface area contributed by atoms with Gasteiger partial charge < -0.3 is 24.4 Å². The Morgan fingerprint density at radius 2 is 1.89 bits per heavy atom. The second-order valence-corrected chi connectivity index (χ2v) is 12.8. The van der Waals surface area contributed by atoms with Crippen molar-refractivity contribution >= 4 is 17.8 Å². The molecule has 6 atom stereocenters. The number of aliphatic hydroxyl groups excluding tert-OH is 1. The second-order valence-electron chi connectivity index (χ2n) is 12.8. The van der Waals surface area contributed by atoms with Crippen molar-refractivity contribution in [2.24, 2.45) is 17.3 Å². The van der Waals surface area contributed by atoms with E-state index in [2.05, 4.69) is 33.9 Å². The molecule has 2 bridgehead atoms. The van der Waals surface area contributed by atoms with Crippen LogP contribution in [0.4, 0.5) is 0 Å². The topological polar surface area (TPSA) is 96.4 Å². The number of carbonyl (C=O) groups is 3. The van der Waals surface area contributed by atoms with Crippen LogP contribution in [0.25, 0.3) is 0 Å². The third kappa shape index (κ3) is 4.76. The fraction of sp³-hybridized carbons (Fsp3) is 0.759. The van der Waals surface area contributed by atoms with Crippen LogP contribution >= 0.6 is 0 Å². The van der Waals surface area contributed by atoms with E-state index in [1.807, 2.05) is 20.8 Å². The van der Waals surface area contributed by atoms with Gasteiger partial charge in [0.1, 0.15) is 24.2 Å². The largest absolute Gasteiger partial charge is 0.461 e. The molecule has 0 aliphatic carbocycles. The molecule has 0 aromatic heterocycles. The number of rotatable bonds is 11. The van der Waals surface area contributed by atoms with Crippen molar-refractivity contribution in [3.8, 4) is 0 Å². The number of amides is 2. The number of likely N-dealkylation sites (tertiary alicyclic amines) is 1. The maximum Gasteiger partial charge on any atom is 0.313 e. The SMILES string of the molecule is C=CCOC(=O)[C@@H]1[C@H]2C(=O)N([C@H](C)CO)C(C(=O)N(CC=C)C(C)(C)CC(C)(C)C)C23CC[C@@]1(CC)O3. The number of nitrogens with zero attached hydrogens (tertiary/aromatic N) is 2. The maximum atomic E-state index is 14.6. The number of hydrogen-bond donors (Lipinski definition) is 1. The molecule has 0 radical (unpaired) electrons. The minimum Gasteiger partial charge on any atom is -0.461 e. The van der Waals surface area contributed by atoms with Crippen LogP contribution in [0.1, 0.15) is 74.1 Å². The van der Waals surface area contributed by atoms with Crippen LogP contribution in [0.5, 0.6) is 0 Å². The van der Waals surface area contributed by atoms with Gasteiger partial charge in [0.15, 0.2) is 0 Å². The molecule has 208 valence electrons. The zero-order chi connectivity index (χ0) is 28.0. The Morgan fingerprint density at radius 1 is 1.24 bits per heavy atom. The Morgan fingerprint density at radius 3 is 2.41 bits per heavy atom. The second kappa shape index (κ2) is 10.2. The fourth-order valence-corrected chi connectivity index (χ4v) is 7.39. The molecular weight excluding hydrogens is 472 g/mol.